The van der Waals surface area contributed by atoms with Gasteiger partial charge in [0.2, 0.25) is 5.91 Å². The van der Waals surface area contributed by atoms with Crippen LogP contribution in [0, 0.1) is 0 Å². The summed E-state index contributed by atoms with van der Waals surface area (Å²) in [5.74, 6) is 0.0173. The fourth-order valence-electron chi connectivity index (χ4n) is 3.28. The van der Waals surface area contributed by atoms with Crippen LogP contribution in [0.3, 0.4) is 0 Å². The number of hydrogen-bond acceptors (Lipinski definition) is 3. The van der Waals surface area contributed by atoms with Crippen molar-refractivity contribution in [3.63, 3.8) is 0 Å². The van der Waals surface area contributed by atoms with Crippen LogP contribution in [0.15, 0.2) is 54.6 Å². The molecule has 1 unspecified atom stereocenters. The molecule has 0 bridgehead atoms. The third-order valence-corrected chi connectivity index (χ3v) is 4.87. The summed E-state index contributed by atoms with van der Waals surface area (Å²) in [5.41, 5.74) is 7.79. The lowest BCUT2D eigenvalue weighted by molar-refractivity contribution is -0.131. The lowest BCUT2D eigenvalue weighted by Crippen LogP contribution is -2.51. The Balaban J connectivity index is 1.87. The van der Waals surface area contributed by atoms with E-state index in [1.807, 2.05) is 41.3 Å². The average molecular weight is 344 g/mol. The smallest absolute Gasteiger partial charge is 0.236 e. The Hall–Kier alpha value is -1.88. The summed E-state index contributed by atoms with van der Waals surface area (Å²) in [6.45, 7) is 3.08. The van der Waals surface area contributed by atoms with Crippen molar-refractivity contribution in [3.05, 3.63) is 70.7 Å². The Morgan fingerprint density at radius 3 is 2.25 bits per heavy atom. The highest BCUT2D eigenvalue weighted by Crippen LogP contribution is 2.33. The zero-order valence-corrected chi connectivity index (χ0v) is 14.3. The number of nitrogens with zero attached hydrogens (tertiary/aromatic N) is 2. The van der Waals surface area contributed by atoms with Crippen LogP contribution in [-0.2, 0) is 4.79 Å². The van der Waals surface area contributed by atoms with Gasteiger partial charge in [-0.1, -0.05) is 60.1 Å². The number of rotatable bonds is 4. The summed E-state index contributed by atoms with van der Waals surface area (Å²) in [6, 6.07) is 18.5. The number of halogens is 1. The average Bonchev–Trinajstić information content (AvgIpc) is 2.64. The van der Waals surface area contributed by atoms with Gasteiger partial charge in [0.15, 0.2) is 0 Å². The fourth-order valence-corrected chi connectivity index (χ4v) is 3.52. The molecule has 1 amide bonds. The molecule has 1 aliphatic heterocycles. The van der Waals surface area contributed by atoms with Crippen LogP contribution < -0.4 is 5.73 Å². The van der Waals surface area contributed by atoms with Gasteiger partial charge in [0.1, 0.15) is 0 Å². The second-order valence-corrected chi connectivity index (χ2v) is 6.36. The minimum absolute atomic E-state index is 0.0173. The Morgan fingerprint density at radius 2 is 1.62 bits per heavy atom. The van der Waals surface area contributed by atoms with Crippen molar-refractivity contribution in [3.8, 4) is 0 Å². The van der Waals surface area contributed by atoms with Crippen LogP contribution in [-0.4, -0.2) is 48.4 Å². The molecule has 0 aromatic heterocycles. The van der Waals surface area contributed by atoms with Crippen molar-refractivity contribution in [2.24, 2.45) is 5.73 Å². The number of carbonyl (C=O) groups excluding carboxylic acids is 1. The van der Waals surface area contributed by atoms with E-state index < -0.39 is 0 Å². The van der Waals surface area contributed by atoms with Gasteiger partial charge < -0.3 is 10.6 Å². The largest absolute Gasteiger partial charge is 0.339 e. The number of amides is 1. The summed E-state index contributed by atoms with van der Waals surface area (Å²) in [5, 5.41) is 0.770. The van der Waals surface area contributed by atoms with Crippen molar-refractivity contribution in [1.29, 1.82) is 0 Å². The normalized spacial score (nSPS) is 16.8. The lowest BCUT2D eigenvalue weighted by atomic mass is 9.96. The molecule has 2 aromatic carbocycles. The van der Waals surface area contributed by atoms with E-state index in [2.05, 4.69) is 23.1 Å². The Morgan fingerprint density at radius 1 is 1.00 bits per heavy atom. The Bertz CT molecular complexity index is 684. The summed E-state index contributed by atoms with van der Waals surface area (Å²) in [6.07, 6.45) is 0. The molecule has 126 valence electrons. The standard InChI is InChI=1S/C19H22ClN3O/c20-17-9-5-4-8-16(17)19(15-6-2-1-3-7-15)23-12-10-22(11-13-23)18(24)14-21/h1-9,19H,10-14,21H2. The number of nitrogens with two attached hydrogens (primary N) is 1. The van der Waals surface area contributed by atoms with Crippen molar-refractivity contribution in [2.45, 2.75) is 6.04 Å². The monoisotopic (exact) mass is 343 g/mol. The van der Waals surface area contributed by atoms with Crippen LogP contribution in [0.4, 0.5) is 0 Å². The van der Waals surface area contributed by atoms with E-state index in [1.165, 1.54) is 5.56 Å². The van der Waals surface area contributed by atoms with Crippen molar-refractivity contribution < 1.29 is 4.79 Å². The first-order valence-electron chi connectivity index (χ1n) is 8.22. The molecule has 1 heterocycles. The molecule has 0 radical (unpaired) electrons. The van der Waals surface area contributed by atoms with E-state index >= 15 is 0 Å². The first kappa shape index (κ1) is 17.0. The van der Waals surface area contributed by atoms with E-state index in [0.29, 0.717) is 13.1 Å². The molecule has 1 fully saturated rings. The fraction of sp³-hybridized carbons (Fsp3) is 0.316. The van der Waals surface area contributed by atoms with Crippen molar-refractivity contribution in [2.75, 3.05) is 32.7 Å². The van der Waals surface area contributed by atoms with Gasteiger partial charge in [-0.05, 0) is 17.2 Å². The van der Waals surface area contributed by atoms with Gasteiger partial charge >= 0.3 is 0 Å². The number of carbonyl (C=O) groups is 1. The highest BCUT2D eigenvalue weighted by molar-refractivity contribution is 6.31. The summed E-state index contributed by atoms with van der Waals surface area (Å²) in [7, 11) is 0. The van der Waals surface area contributed by atoms with Gasteiger partial charge in [-0.3, -0.25) is 9.69 Å². The van der Waals surface area contributed by atoms with Gasteiger partial charge in [0.05, 0.1) is 12.6 Å². The molecule has 0 saturated carbocycles. The zero-order valence-electron chi connectivity index (χ0n) is 13.6. The van der Waals surface area contributed by atoms with E-state index in [4.69, 9.17) is 17.3 Å². The third-order valence-electron chi connectivity index (χ3n) is 4.52. The zero-order chi connectivity index (χ0) is 16.9. The quantitative estimate of drug-likeness (QED) is 0.928. The van der Waals surface area contributed by atoms with Gasteiger partial charge in [-0.15, -0.1) is 0 Å². The van der Waals surface area contributed by atoms with Crippen LogP contribution in [0.5, 0.6) is 0 Å². The summed E-state index contributed by atoms with van der Waals surface area (Å²) in [4.78, 5) is 16.0. The molecule has 4 nitrogen and oxygen atoms in total. The highest BCUT2D eigenvalue weighted by atomic mass is 35.5. The van der Waals surface area contributed by atoms with Crippen molar-refractivity contribution >= 4 is 17.5 Å². The molecule has 1 saturated heterocycles. The molecule has 0 aliphatic carbocycles. The molecule has 2 aromatic rings. The van der Waals surface area contributed by atoms with E-state index in [-0.39, 0.29) is 18.5 Å². The molecule has 5 heteroatoms. The van der Waals surface area contributed by atoms with Gasteiger partial charge in [-0.2, -0.15) is 0 Å². The predicted molar refractivity (Wildman–Crippen MR) is 96.9 cm³/mol. The topological polar surface area (TPSA) is 49.6 Å². The van der Waals surface area contributed by atoms with Crippen LogP contribution in [0.1, 0.15) is 17.2 Å². The van der Waals surface area contributed by atoms with Gasteiger partial charge in [0, 0.05) is 31.2 Å². The summed E-state index contributed by atoms with van der Waals surface area (Å²) < 4.78 is 0. The summed E-state index contributed by atoms with van der Waals surface area (Å²) >= 11 is 6.48. The maximum absolute atomic E-state index is 11.8. The molecule has 24 heavy (non-hydrogen) atoms. The molecular formula is C19H22ClN3O. The molecule has 1 atom stereocenters. The van der Waals surface area contributed by atoms with E-state index in [1.54, 1.807) is 0 Å². The number of benzene rings is 2. The first-order valence-corrected chi connectivity index (χ1v) is 8.59. The first-order chi connectivity index (χ1) is 11.7. The molecule has 0 spiro atoms. The van der Waals surface area contributed by atoms with E-state index in [9.17, 15) is 4.79 Å². The molecular weight excluding hydrogens is 322 g/mol. The highest BCUT2D eigenvalue weighted by Gasteiger charge is 2.28. The van der Waals surface area contributed by atoms with Gasteiger partial charge in [-0.25, -0.2) is 0 Å². The van der Waals surface area contributed by atoms with E-state index in [0.717, 1.165) is 23.7 Å². The number of hydrogen-bond donors (Lipinski definition) is 1. The molecule has 3 rings (SSSR count). The van der Waals surface area contributed by atoms with Crippen LogP contribution >= 0.6 is 11.6 Å². The SMILES string of the molecule is NCC(=O)N1CCN(C(c2ccccc2)c2ccccc2Cl)CC1. The second kappa shape index (κ2) is 7.79. The Kier molecular flexibility index (Phi) is 5.51. The minimum atomic E-state index is 0.0173. The van der Waals surface area contributed by atoms with Gasteiger partial charge in [0.25, 0.3) is 0 Å². The number of piperazine rings is 1. The van der Waals surface area contributed by atoms with Crippen molar-refractivity contribution in [1.82, 2.24) is 9.80 Å². The third kappa shape index (κ3) is 3.61. The van der Waals surface area contributed by atoms with Crippen LogP contribution in [0.2, 0.25) is 5.02 Å². The van der Waals surface area contributed by atoms with Crippen LogP contribution in [0.25, 0.3) is 0 Å². The second-order valence-electron chi connectivity index (χ2n) is 5.96. The molecule has 1 aliphatic rings. The lowest BCUT2D eigenvalue weighted by Gasteiger charge is -2.40. The maximum Gasteiger partial charge on any atom is 0.236 e. The Labute approximate surface area is 147 Å². The predicted octanol–water partition coefficient (Wildman–Crippen LogP) is 2.53. The molecule has 2 N–H and O–H groups in total. The minimum Gasteiger partial charge on any atom is -0.339 e. The maximum atomic E-state index is 11.8.